The van der Waals surface area contributed by atoms with Crippen molar-refractivity contribution in [2.75, 3.05) is 12.9 Å². The predicted octanol–water partition coefficient (Wildman–Crippen LogP) is 3.14. The minimum atomic E-state index is -0.621. The van der Waals surface area contributed by atoms with E-state index in [9.17, 15) is 5.11 Å². The van der Waals surface area contributed by atoms with Crippen LogP contribution < -0.4 is 0 Å². The Labute approximate surface area is 100 Å². The Bertz CT molecular complexity index is 387. The van der Waals surface area contributed by atoms with E-state index < -0.39 is 6.10 Å². The molecule has 1 aliphatic rings. The van der Waals surface area contributed by atoms with Crippen molar-refractivity contribution in [3.63, 3.8) is 0 Å². The Morgan fingerprint density at radius 3 is 2.88 bits per heavy atom. The summed E-state index contributed by atoms with van der Waals surface area (Å²) >= 11 is 1.64. The fourth-order valence-corrected chi connectivity index (χ4v) is 2.44. The molecule has 0 radical (unpaired) electrons. The van der Waals surface area contributed by atoms with Crippen LogP contribution in [0.25, 0.3) is 0 Å². The number of rotatable bonds is 3. The van der Waals surface area contributed by atoms with Crippen molar-refractivity contribution in [3.8, 4) is 0 Å². The van der Waals surface area contributed by atoms with Crippen LogP contribution in [0.3, 0.4) is 0 Å². The van der Waals surface area contributed by atoms with Crippen LogP contribution in [-0.2, 0) is 4.74 Å². The van der Waals surface area contributed by atoms with Crippen molar-refractivity contribution >= 4 is 11.8 Å². The molecule has 2 rings (SSSR count). The Morgan fingerprint density at radius 2 is 2.19 bits per heavy atom. The summed E-state index contributed by atoms with van der Waals surface area (Å²) in [5, 5.41) is 10.3. The normalized spacial score (nSPS) is 17.5. The zero-order valence-corrected chi connectivity index (χ0v) is 10.2. The molecule has 1 unspecified atom stereocenters. The van der Waals surface area contributed by atoms with Gasteiger partial charge in [0.15, 0.2) is 0 Å². The minimum Gasteiger partial charge on any atom is -0.495 e. The van der Waals surface area contributed by atoms with Crippen LogP contribution in [0.1, 0.15) is 24.5 Å². The lowest BCUT2D eigenvalue weighted by Crippen LogP contribution is -2.10. The van der Waals surface area contributed by atoms with Gasteiger partial charge in [0.2, 0.25) is 0 Å². The van der Waals surface area contributed by atoms with Gasteiger partial charge in [0.25, 0.3) is 0 Å². The third kappa shape index (κ3) is 2.42. The number of ether oxygens (including phenoxy) is 1. The van der Waals surface area contributed by atoms with Crippen molar-refractivity contribution in [2.24, 2.45) is 0 Å². The van der Waals surface area contributed by atoms with E-state index in [2.05, 4.69) is 0 Å². The number of aliphatic hydroxyl groups is 1. The highest BCUT2D eigenvalue weighted by Gasteiger charge is 2.19. The summed E-state index contributed by atoms with van der Waals surface area (Å²) in [5.74, 6) is 0.702. The summed E-state index contributed by atoms with van der Waals surface area (Å²) in [5.41, 5.74) is 0.933. The van der Waals surface area contributed by atoms with Crippen molar-refractivity contribution in [3.05, 3.63) is 41.7 Å². The number of hydrogen-bond donors (Lipinski definition) is 1. The van der Waals surface area contributed by atoms with E-state index in [1.165, 1.54) is 0 Å². The van der Waals surface area contributed by atoms with Gasteiger partial charge in [-0.25, -0.2) is 0 Å². The second-order valence-corrected chi connectivity index (χ2v) is 4.59. The molecule has 0 bridgehead atoms. The molecule has 0 spiro atoms. The monoisotopic (exact) mass is 236 g/mol. The molecule has 0 amide bonds. The molecule has 1 atom stereocenters. The van der Waals surface area contributed by atoms with Crippen LogP contribution in [0.2, 0.25) is 0 Å². The van der Waals surface area contributed by atoms with Gasteiger partial charge in [0.05, 0.1) is 6.61 Å². The van der Waals surface area contributed by atoms with Gasteiger partial charge in [-0.2, -0.15) is 0 Å². The van der Waals surface area contributed by atoms with E-state index >= 15 is 0 Å². The number of thioether (sulfide) groups is 1. The smallest absolute Gasteiger partial charge is 0.137 e. The number of allylic oxidation sites excluding steroid dienone is 1. The first-order chi connectivity index (χ1) is 7.83. The van der Waals surface area contributed by atoms with Gasteiger partial charge in [-0.1, -0.05) is 18.2 Å². The van der Waals surface area contributed by atoms with Crippen LogP contribution in [0.15, 0.2) is 41.0 Å². The fraction of sp³-hybridized carbons (Fsp3) is 0.385. The summed E-state index contributed by atoms with van der Waals surface area (Å²) in [6.45, 7) is 0.713. The SMILES string of the molecule is CSc1ccccc1C(O)C1=CCCCO1. The van der Waals surface area contributed by atoms with Crippen LogP contribution in [0.4, 0.5) is 0 Å². The summed E-state index contributed by atoms with van der Waals surface area (Å²) in [6.07, 6.45) is 5.42. The van der Waals surface area contributed by atoms with E-state index in [1.807, 2.05) is 36.6 Å². The van der Waals surface area contributed by atoms with Gasteiger partial charge in [-0.05, 0) is 31.2 Å². The minimum absolute atomic E-state index is 0.621. The molecule has 0 saturated carbocycles. The summed E-state index contributed by atoms with van der Waals surface area (Å²) in [7, 11) is 0. The molecular formula is C13H16O2S. The maximum absolute atomic E-state index is 10.3. The molecule has 0 saturated heterocycles. The molecule has 2 nitrogen and oxygen atoms in total. The number of benzene rings is 1. The molecule has 1 heterocycles. The average Bonchev–Trinajstić information content (AvgIpc) is 2.39. The largest absolute Gasteiger partial charge is 0.495 e. The maximum atomic E-state index is 10.3. The lowest BCUT2D eigenvalue weighted by Gasteiger charge is -2.21. The Hall–Kier alpha value is -0.930. The first kappa shape index (κ1) is 11.6. The Kier molecular flexibility index (Phi) is 3.91. The van der Waals surface area contributed by atoms with E-state index in [4.69, 9.17) is 4.74 Å². The maximum Gasteiger partial charge on any atom is 0.137 e. The van der Waals surface area contributed by atoms with E-state index in [0.29, 0.717) is 12.4 Å². The Morgan fingerprint density at radius 1 is 1.38 bits per heavy atom. The molecule has 1 N–H and O–H groups in total. The zero-order chi connectivity index (χ0) is 11.4. The summed E-state index contributed by atoms with van der Waals surface area (Å²) in [6, 6.07) is 7.90. The fourth-order valence-electron chi connectivity index (χ4n) is 1.81. The number of hydrogen-bond acceptors (Lipinski definition) is 3. The first-order valence-corrected chi connectivity index (χ1v) is 6.69. The topological polar surface area (TPSA) is 29.5 Å². The van der Waals surface area contributed by atoms with Crippen LogP contribution in [0.5, 0.6) is 0 Å². The lowest BCUT2D eigenvalue weighted by molar-refractivity contribution is 0.0904. The first-order valence-electron chi connectivity index (χ1n) is 5.46. The van der Waals surface area contributed by atoms with Crippen LogP contribution in [0, 0.1) is 0 Å². The second-order valence-electron chi connectivity index (χ2n) is 3.74. The third-order valence-electron chi connectivity index (χ3n) is 2.67. The van der Waals surface area contributed by atoms with Gasteiger partial charge in [0.1, 0.15) is 11.9 Å². The van der Waals surface area contributed by atoms with Crippen molar-refractivity contribution in [2.45, 2.75) is 23.8 Å². The average molecular weight is 236 g/mol. The highest BCUT2D eigenvalue weighted by atomic mass is 32.2. The molecule has 0 fully saturated rings. The predicted molar refractivity (Wildman–Crippen MR) is 66.5 cm³/mol. The molecule has 0 aliphatic carbocycles. The van der Waals surface area contributed by atoms with E-state index in [1.54, 1.807) is 11.8 Å². The van der Waals surface area contributed by atoms with Crippen LogP contribution in [-0.4, -0.2) is 18.0 Å². The highest BCUT2D eigenvalue weighted by molar-refractivity contribution is 7.98. The molecule has 0 aromatic heterocycles. The quantitative estimate of drug-likeness (QED) is 0.818. The van der Waals surface area contributed by atoms with Crippen molar-refractivity contribution < 1.29 is 9.84 Å². The van der Waals surface area contributed by atoms with Gasteiger partial charge in [-0.3, -0.25) is 0 Å². The highest BCUT2D eigenvalue weighted by Crippen LogP contribution is 2.31. The molecule has 1 aromatic rings. The van der Waals surface area contributed by atoms with Gasteiger partial charge < -0.3 is 9.84 Å². The molecule has 1 aromatic carbocycles. The van der Waals surface area contributed by atoms with Gasteiger partial charge in [0, 0.05) is 10.5 Å². The summed E-state index contributed by atoms with van der Waals surface area (Å²) in [4.78, 5) is 1.10. The van der Waals surface area contributed by atoms with Gasteiger partial charge in [-0.15, -0.1) is 11.8 Å². The standard InChI is InChI=1S/C13H16O2S/c1-16-12-8-3-2-6-10(12)13(14)11-7-4-5-9-15-11/h2-3,6-8,13-14H,4-5,9H2,1H3. The Balaban J connectivity index is 2.25. The van der Waals surface area contributed by atoms with Crippen molar-refractivity contribution in [1.82, 2.24) is 0 Å². The third-order valence-corrected chi connectivity index (χ3v) is 3.48. The van der Waals surface area contributed by atoms with Crippen molar-refractivity contribution in [1.29, 1.82) is 0 Å². The van der Waals surface area contributed by atoms with E-state index in [0.717, 1.165) is 23.3 Å². The molecule has 86 valence electrons. The molecule has 1 aliphatic heterocycles. The van der Waals surface area contributed by atoms with Crippen LogP contribution >= 0.6 is 11.8 Å². The summed E-state index contributed by atoms with van der Waals surface area (Å²) < 4.78 is 5.50. The van der Waals surface area contributed by atoms with Gasteiger partial charge >= 0.3 is 0 Å². The lowest BCUT2D eigenvalue weighted by atomic mass is 10.1. The molecule has 3 heteroatoms. The van der Waals surface area contributed by atoms with E-state index in [-0.39, 0.29) is 0 Å². The zero-order valence-electron chi connectivity index (χ0n) is 9.35. The number of aliphatic hydroxyl groups excluding tert-OH is 1. The molecule has 16 heavy (non-hydrogen) atoms. The second kappa shape index (κ2) is 5.41. The molecular weight excluding hydrogens is 220 g/mol.